The molecule has 0 bridgehead atoms. The fourth-order valence-electron chi connectivity index (χ4n) is 3.03. The third kappa shape index (κ3) is 3.11. The molecule has 1 amide bonds. The van der Waals surface area contributed by atoms with E-state index < -0.39 is 5.97 Å². The number of nitrogens with zero attached hydrogens (tertiary/aromatic N) is 3. The number of aromatic nitrogens is 2. The summed E-state index contributed by atoms with van der Waals surface area (Å²) >= 11 is 0. The fourth-order valence-corrected chi connectivity index (χ4v) is 3.03. The highest BCUT2D eigenvalue weighted by Crippen LogP contribution is 2.28. The number of benzene rings is 1. The van der Waals surface area contributed by atoms with Crippen molar-refractivity contribution in [3.63, 3.8) is 0 Å². The molecule has 2 atom stereocenters. The second-order valence-corrected chi connectivity index (χ2v) is 5.98. The number of piperidine rings is 1. The molecule has 120 valence electrons. The Balaban J connectivity index is 1.75. The van der Waals surface area contributed by atoms with Crippen molar-refractivity contribution < 1.29 is 14.7 Å². The maximum atomic E-state index is 12.7. The molecule has 1 saturated heterocycles. The van der Waals surface area contributed by atoms with Gasteiger partial charge in [-0.05, 0) is 36.6 Å². The highest BCUT2D eigenvalue weighted by molar-refractivity contribution is 5.96. The number of hydrogen-bond donors (Lipinski definition) is 1. The molecule has 2 aromatic rings. The highest BCUT2D eigenvalue weighted by Gasteiger charge is 2.30. The van der Waals surface area contributed by atoms with E-state index in [-0.39, 0.29) is 17.5 Å². The lowest BCUT2D eigenvalue weighted by Gasteiger charge is -2.37. The van der Waals surface area contributed by atoms with Gasteiger partial charge in [0, 0.05) is 31.0 Å². The number of carbonyl (C=O) groups excluding carboxylic acids is 1. The van der Waals surface area contributed by atoms with E-state index >= 15 is 0 Å². The second-order valence-electron chi connectivity index (χ2n) is 5.98. The number of carboxylic acid groups (broad SMARTS) is 1. The summed E-state index contributed by atoms with van der Waals surface area (Å²) in [5.74, 6) is -0.572. The molecule has 1 N–H and O–H groups in total. The molecular weight excluding hydrogens is 294 g/mol. The molecule has 6 nitrogen and oxygen atoms in total. The van der Waals surface area contributed by atoms with Gasteiger partial charge in [0.05, 0.1) is 17.9 Å². The van der Waals surface area contributed by atoms with Crippen LogP contribution in [-0.4, -0.2) is 44.5 Å². The smallest absolute Gasteiger partial charge is 0.335 e. The average Bonchev–Trinajstić information content (AvgIpc) is 3.09. The first kappa shape index (κ1) is 15.3. The topological polar surface area (TPSA) is 75.4 Å². The van der Waals surface area contributed by atoms with Crippen LogP contribution in [0.2, 0.25) is 0 Å². The first-order valence-electron chi connectivity index (χ1n) is 7.66. The first-order chi connectivity index (χ1) is 11.1. The van der Waals surface area contributed by atoms with Crippen LogP contribution in [0.15, 0.2) is 43.0 Å². The molecule has 3 rings (SSSR count). The van der Waals surface area contributed by atoms with E-state index in [0.29, 0.717) is 24.6 Å². The van der Waals surface area contributed by atoms with Crippen LogP contribution in [0.5, 0.6) is 0 Å². The zero-order chi connectivity index (χ0) is 16.4. The molecule has 0 aliphatic carbocycles. The molecule has 1 aliphatic heterocycles. The van der Waals surface area contributed by atoms with Crippen LogP contribution in [0, 0.1) is 5.92 Å². The summed E-state index contributed by atoms with van der Waals surface area (Å²) in [6, 6.07) is 6.31. The summed E-state index contributed by atoms with van der Waals surface area (Å²) in [6.07, 6.45) is 6.40. The molecule has 1 aromatic heterocycles. The van der Waals surface area contributed by atoms with Gasteiger partial charge in [0.2, 0.25) is 0 Å². The highest BCUT2D eigenvalue weighted by atomic mass is 16.4. The Hall–Kier alpha value is -2.63. The Morgan fingerprint density at radius 3 is 2.52 bits per heavy atom. The Labute approximate surface area is 134 Å². The van der Waals surface area contributed by atoms with E-state index in [4.69, 9.17) is 5.11 Å². The Morgan fingerprint density at radius 2 is 1.91 bits per heavy atom. The molecule has 0 spiro atoms. The van der Waals surface area contributed by atoms with Crippen LogP contribution in [-0.2, 0) is 0 Å². The van der Waals surface area contributed by atoms with Gasteiger partial charge in [-0.3, -0.25) is 4.79 Å². The molecular formula is C17H19N3O3. The van der Waals surface area contributed by atoms with E-state index in [0.717, 1.165) is 6.42 Å². The second kappa shape index (κ2) is 6.24. The summed E-state index contributed by atoms with van der Waals surface area (Å²) < 4.78 is 2.05. The SMILES string of the molecule is CC1CCN(C(=O)c2ccc(C(=O)O)cc2)CC1n1ccnc1. The van der Waals surface area contributed by atoms with Crippen LogP contribution >= 0.6 is 0 Å². The average molecular weight is 313 g/mol. The van der Waals surface area contributed by atoms with Gasteiger partial charge in [-0.2, -0.15) is 0 Å². The Morgan fingerprint density at radius 1 is 1.22 bits per heavy atom. The standard InChI is InChI=1S/C17H19N3O3/c1-12-6-8-19(10-15(12)20-9-7-18-11-20)16(21)13-2-4-14(5-3-13)17(22)23/h2-5,7,9,11-12,15H,6,8,10H2,1H3,(H,22,23). The van der Waals surface area contributed by atoms with Crippen LogP contribution < -0.4 is 0 Å². The number of rotatable bonds is 3. The van der Waals surface area contributed by atoms with Crippen LogP contribution in [0.1, 0.15) is 40.1 Å². The lowest BCUT2D eigenvalue weighted by Crippen LogP contribution is -2.43. The minimum Gasteiger partial charge on any atom is -0.478 e. The van der Waals surface area contributed by atoms with Crippen molar-refractivity contribution in [2.24, 2.45) is 5.92 Å². The van der Waals surface area contributed by atoms with Gasteiger partial charge in [0.15, 0.2) is 0 Å². The van der Waals surface area contributed by atoms with Crippen LogP contribution in [0.4, 0.5) is 0 Å². The summed E-state index contributed by atoms with van der Waals surface area (Å²) in [6.45, 7) is 3.54. The zero-order valence-electron chi connectivity index (χ0n) is 12.9. The molecule has 2 heterocycles. The van der Waals surface area contributed by atoms with Crippen molar-refractivity contribution in [2.75, 3.05) is 13.1 Å². The lowest BCUT2D eigenvalue weighted by molar-refractivity contribution is 0.0619. The van der Waals surface area contributed by atoms with Crippen molar-refractivity contribution in [3.05, 3.63) is 54.1 Å². The minimum absolute atomic E-state index is 0.0565. The van der Waals surface area contributed by atoms with Gasteiger partial charge in [-0.1, -0.05) is 6.92 Å². The monoisotopic (exact) mass is 313 g/mol. The van der Waals surface area contributed by atoms with Gasteiger partial charge in [-0.25, -0.2) is 9.78 Å². The molecule has 0 radical (unpaired) electrons. The zero-order valence-corrected chi connectivity index (χ0v) is 12.9. The largest absolute Gasteiger partial charge is 0.478 e. The van der Waals surface area contributed by atoms with Gasteiger partial charge in [0.25, 0.3) is 5.91 Å². The summed E-state index contributed by atoms with van der Waals surface area (Å²) in [5, 5.41) is 8.93. The maximum absolute atomic E-state index is 12.7. The molecule has 2 unspecified atom stereocenters. The number of imidazole rings is 1. The molecule has 1 fully saturated rings. The van der Waals surface area contributed by atoms with Crippen molar-refractivity contribution in [2.45, 2.75) is 19.4 Å². The van der Waals surface area contributed by atoms with E-state index in [1.54, 1.807) is 24.7 Å². The van der Waals surface area contributed by atoms with Crippen molar-refractivity contribution in [1.29, 1.82) is 0 Å². The summed E-state index contributed by atoms with van der Waals surface area (Å²) in [7, 11) is 0. The first-order valence-corrected chi connectivity index (χ1v) is 7.66. The number of likely N-dealkylation sites (tertiary alicyclic amines) is 1. The number of aromatic carboxylic acids is 1. The van der Waals surface area contributed by atoms with E-state index in [1.165, 1.54) is 12.1 Å². The minimum atomic E-state index is -0.990. The van der Waals surface area contributed by atoms with Gasteiger partial charge in [-0.15, -0.1) is 0 Å². The number of amides is 1. The molecule has 6 heteroatoms. The van der Waals surface area contributed by atoms with Crippen LogP contribution in [0.25, 0.3) is 0 Å². The van der Waals surface area contributed by atoms with E-state index in [1.807, 2.05) is 11.1 Å². The Kier molecular flexibility index (Phi) is 4.14. The number of carbonyl (C=O) groups is 2. The van der Waals surface area contributed by atoms with Gasteiger partial charge < -0.3 is 14.6 Å². The summed E-state index contributed by atoms with van der Waals surface area (Å²) in [4.78, 5) is 29.5. The predicted octanol–water partition coefficient (Wildman–Crippen LogP) is 2.30. The third-order valence-electron chi connectivity index (χ3n) is 4.49. The Bertz CT molecular complexity index is 694. The third-order valence-corrected chi connectivity index (χ3v) is 4.49. The van der Waals surface area contributed by atoms with Crippen molar-refractivity contribution >= 4 is 11.9 Å². The number of carboxylic acids is 1. The lowest BCUT2D eigenvalue weighted by atomic mass is 9.93. The molecule has 1 aromatic carbocycles. The van der Waals surface area contributed by atoms with Gasteiger partial charge >= 0.3 is 5.97 Å². The number of hydrogen-bond acceptors (Lipinski definition) is 3. The maximum Gasteiger partial charge on any atom is 0.335 e. The van der Waals surface area contributed by atoms with Crippen LogP contribution in [0.3, 0.4) is 0 Å². The molecule has 1 aliphatic rings. The molecule has 23 heavy (non-hydrogen) atoms. The van der Waals surface area contributed by atoms with E-state index in [2.05, 4.69) is 16.5 Å². The van der Waals surface area contributed by atoms with Crippen molar-refractivity contribution in [1.82, 2.24) is 14.5 Å². The normalized spacial score (nSPS) is 21.2. The summed E-state index contributed by atoms with van der Waals surface area (Å²) in [5.41, 5.74) is 0.707. The quantitative estimate of drug-likeness (QED) is 0.943. The van der Waals surface area contributed by atoms with Crippen molar-refractivity contribution in [3.8, 4) is 0 Å². The fraction of sp³-hybridized carbons (Fsp3) is 0.353. The predicted molar refractivity (Wildman–Crippen MR) is 84.3 cm³/mol. The van der Waals surface area contributed by atoms with Gasteiger partial charge in [0.1, 0.15) is 0 Å². The molecule has 0 saturated carbocycles. The van der Waals surface area contributed by atoms with E-state index in [9.17, 15) is 9.59 Å².